The number of aryl methyl sites for hydroxylation is 1. The minimum Gasteiger partial charge on any atom is -0.485 e. The molecule has 5 atom stereocenters. The minimum atomic E-state index is -5.03. The highest BCUT2D eigenvalue weighted by molar-refractivity contribution is 7.80. The molecule has 1 fully saturated rings. The van der Waals surface area contributed by atoms with E-state index >= 15 is 0 Å². The zero-order chi connectivity index (χ0) is 35.9. The highest BCUT2D eigenvalue weighted by Gasteiger charge is 2.58. The normalized spacial score (nSPS) is 23.6. The van der Waals surface area contributed by atoms with Gasteiger partial charge in [0.1, 0.15) is 23.3 Å². The number of ether oxygens (including phenoxy) is 1. The molecule has 0 aliphatic carbocycles. The molecule has 5 rings (SSSR count). The van der Waals surface area contributed by atoms with Crippen LogP contribution in [0.4, 0.5) is 5.13 Å². The second-order valence-corrected chi connectivity index (χ2v) is 14.2. The molecule has 0 saturated carbocycles. The molecule has 1 saturated heterocycles. The van der Waals surface area contributed by atoms with Gasteiger partial charge in [0.05, 0.1) is 18.2 Å². The van der Waals surface area contributed by atoms with Gasteiger partial charge >= 0.3 is 16.4 Å². The number of nitrogens with zero attached hydrogens (tertiary/aromatic N) is 4. The number of carbonyl (C=O) groups is 3. The Balaban J connectivity index is 1.33. The molecular formula is C28H36N8O11S2. The fraction of sp³-hybridized carbons (Fsp3) is 0.500. The minimum absolute atomic E-state index is 0.0540. The average molecular weight is 725 g/mol. The van der Waals surface area contributed by atoms with E-state index in [1.807, 2.05) is 6.07 Å². The molecule has 0 bridgehead atoms. The Morgan fingerprint density at radius 2 is 2.10 bits per heavy atom. The fourth-order valence-corrected chi connectivity index (χ4v) is 6.54. The summed E-state index contributed by atoms with van der Waals surface area (Å²) in [5, 5.41) is 31.5. The van der Waals surface area contributed by atoms with E-state index in [9.17, 15) is 33.0 Å². The maximum Gasteiger partial charge on any atom is 0.418 e. The molecule has 0 unspecified atom stereocenters. The molecule has 21 heteroatoms. The Bertz CT molecular complexity index is 1810. The molecule has 0 radical (unpaired) electrons. The van der Waals surface area contributed by atoms with Crippen molar-refractivity contribution in [2.24, 2.45) is 15.9 Å². The highest BCUT2D eigenvalue weighted by Crippen LogP contribution is 2.35. The van der Waals surface area contributed by atoms with Gasteiger partial charge in [0.2, 0.25) is 0 Å². The third-order valence-corrected chi connectivity index (χ3v) is 9.40. The number of fused-ring (bicyclic) bond motifs is 1. The van der Waals surface area contributed by atoms with Gasteiger partial charge in [0.25, 0.3) is 17.4 Å². The Kier molecular flexibility index (Phi) is 9.87. The van der Waals surface area contributed by atoms with Gasteiger partial charge in [-0.15, -0.1) is 15.6 Å². The van der Waals surface area contributed by atoms with Gasteiger partial charge in [-0.2, -0.15) is 13.5 Å². The fourth-order valence-electron chi connectivity index (χ4n) is 5.54. The summed E-state index contributed by atoms with van der Waals surface area (Å²) in [6, 6.07) is 3.95. The van der Waals surface area contributed by atoms with Gasteiger partial charge in [0.15, 0.2) is 16.9 Å². The Labute approximate surface area is 284 Å². The van der Waals surface area contributed by atoms with Crippen molar-refractivity contribution >= 4 is 56.2 Å². The third-order valence-electron chi connectivity index (χ3n) is 8.38. The first-order chi connectivity index (χ1) is 22.9. The number of β-lactam (4-membered cyclic amide) rings is 1. The average Bonchev–Trinajstić information content (AvgIpc) is 3.70. The van der Waals surface area contributed by atoms with E-state index in [0.29, 0.717) is 36.0 Å². The summed E-state index contributed by atoms with van der Waals surface area (Å²) < 4.78 is 41.7. The number of thiazole rings is 1. The van der Waals surface area contributed by atoms with E-state index in [1.54, 1.807) is 12.1 Å². The van der Waals surface area contributed by atoms with Gasteiger partial charge in [-0.1, -0.05) is 5.16 Å². The summed E-state index contributed by atoms with van der Waals surface area (Å²) in [6.45, 7) is 4.61. The van der Waals surface area contributed by atoms with Crippen LogP contribution in [0.1, 0.15) is 50.4 Å². The van der Waals surface area contributed by atoms with Crippen LogP contribution in [-0.4, -0.2) is 111 Å². The van der Waals surface area contributed by atoms with Crippen molar-refractivity contribution < 1.29 is 51.4 Å². The van der Waals surface area contributed by atoms with Crippen LogP contribution in [0.2, 0.25) is 0 Å². The lowest BCUT2D eigenvalue weighted by Gasteiger charge is -2.50. The van der Waals surface area contributed by atoms with Gasteiger partial charge in [-0.3, -0.25) is 19.1 Å². The van der Waals surface area contributed by atoms with E-state index in [-0.39, 0.29) is 29.8 Å². The van der Waals surface area contributed by atoms with Gasteiger partial charge < -0.3 is 41.9 Å². The molecule has 266 valence electrons. The molecule has 4 heterocycles. The number of carboxylic acids is 1. The largest absolute Gasteiger partial charge is 0.485 e. The van der Waals surface area contributed by atoms with Crippen molar-refractivity contribution in [3.05, 3.63) is 40.4 Å². The summed E-state index contributed by atoms with van der Waals surface area (Å²) in [7, 11) is -5.03. The Morgan fingerprint density at radius 1 is 1.37 bits per heavy atom. The molecule has 3 aliphatic heterocycles. The lowest BCUT2D eigenvalue weighted by atomic mass is 9.84. The van der Waals surface area contributed by atoms with Gasteiger partial charge in [0, 0.05) is 23.5 Å². The first-order valence-corrected chi connectivity index (χ1v) is 17.2. The topological polar surface area (TPSA) is 291 Å². The van der Waals surface area contributed by atoms with Crippen LogP contribution in [0.15, 0.2) is 33.7 Å². The number of rotatable bonds is 13. The second-order valence-electron chi connectivity index (χ2n) is 12.3. The summed E-state index contributed by atoms with van der Waals surface area (Å²) >= 11 is 0.960. The molecule has 2 amide bonds. The quantitative estimate of drug-likeness (QED) is 0.0561. The number of hydrogen-bond acceptors (Lipinski definition) is 16. The van der Waals surface area contributed by atoms with E-state index in [0.717, 1.165) is 22.5 Å². The molecular weight excluding hydrogens is 688 g/mol. The monoisotopic (exact) mass is 724 g/mol. The second kappa shape index (κ2) is 13.5. The summed E-state index contributed by atoms with van der Waals surface area (Å²) in [5.41, 5.74) is 8.70. The molecule has 49 heavy (non-hydrogen) atoms. The number of carbonyl (C=O) groups excluding carboxylic acids is 2. The number of amidine groups is 1. The number of anilines is 1. The summed E-state index contributed by atoms with van der Waals surface area (Å²) in [4.78, 5) is 52.8. The Hall–Kier alpha value is -4.41. The predicted molar refractivity (Wildman–Crippen MR) is 173 cm³/mol. The van der Waals surface area contributed by atoms with Crippen molar-refractivity contribution in [1.29, 1.82) is 0 Å². The number of nitrogens with two attached hydrogens (primary N) is 2. The standard InChI is InChI=1S/C28H36N8O11S2/c1-27(2)21(24(39)36(27)47-49(42,43)44)34-23(38)20(17-12-48-26(30)33-17)35-46-28(3,25(40)41)19-7-5-13-8-14(4-6-18(13)45-19)22-31-11-15(32-22)9-16(37)10-29/h4,6,8,12,15-16,19,21,37H,5,7,9-11,29H2,1-3H3,(H2,30,33)(H,31,32)(H,34,38)(H,40,41)(H,42,43,44)/b35-20-/t15-,16-,19+,21+,28-/m0/s1. The van der Waals surface area contributed by atoms with Crippen molar-refractivity contribution in [2.75, 3.05) is 18.8 Å². The van der Waals surface area contributed by atoms with Crippen LogP contribution in [0.5, 0.6) is 5.75 Å². The third kappa shape index (κ3) is 7.45. The molecule has 1 aromatic heterocycles. The van der Waals surface area contributed by atoms with Crippen molar-refractivity contribution in [1.82, 2.24) is 20.7 Å². The van der Waals surface area contributed by atoms with Crippen molar-refractivity contribution in [2.45, 2.75) is 75.5 Å². The number of aromatic nitrogens is 1. The van der Waals surface area contributed by atoms with Crippen LogP contribution in [0, 0.1) is 0 Å². The Morgan fingerprint density at radius 3 is 2.71 bits per heavy atom. The number of aliphatic carboxylic acids is 1. The lowest BCUT2D eigenvalue weighted by molar-refractivity contribution is -0.218. The lowest BCUT2D eigenvalue weighted by Crippen LogP contribution is -2.76. The molecule has 9 N–H and O–H groups in total. The number of aliphatic hydroxyl groups excluding tert-OH is 1. The first-order valence-electron chi connectivity index (χ1n) is 14.9. The molecule has 0 spiro atoms. The highest BCUT2D eigenvalue weighted by atomic mass is 32.3. The number of hydrogen-bond donors (Lipinski definition) is 7. The van der Waals surface area contributed by atoms with Crippen LogP contribution in [0.25, 0.3) is 0 Å². The molecule has 3 aliphatic rings. The zero-order valence-electron chi connectivity index (χ0n) is 26.5. The number of carboxylic acid groups (broad SMARTS) is 1. The van der Waals surface area contributed by atoms with Gasteiger partial charge in [-0.05, 0) is 63.8 Å². The van der Waals surface area contributed by atoms with E-state index in [1.165, 1.54) is 26.2 Å². The number of aliphatic hydroxyl groups is 1. The number of aliphatic imine (C=N–C) groups is 1. The van der Waals surface area contributed by atoms with Crippen LogP contribution >= 0.6 is 11.3 Å². The SMILES string of the molecule is CC1(C)[C@H](NC(=O)/C(=N\O[C@](C)(C(=O)O)[C@H]2CCc3cc(C4=NC[C@H](C[C@H](O)CN)N4)ccc3O2)c2csc(N)n2)C(=O)N1OS(=O)(=O)O. The smallest absolute Gasteiger partial charge is 0.418 e. The van der Waals surface area contributed by atoms with E-state index in [2.05, 4.69) is 30.0 Å². The number of oxime groups is 1. The van der Waals surface area contributed by atoms with E-state index in [4.69, 9.17) is 25.6 Å². The summed E-state index contributed by atoms with van der Waals surface area (Å²) in [6.07, 6.45) is -0.653. The summed E-state index contributed by atoms with van der Waals surface area (Å²) in [5.74, 6) is -2.39. The number of benzene rings is 1. The number of nitrogen functional groups attached to an aromatic ring is 1. The van der Waals surface area contributed by atoms with Crippen LogP contribution in [-0.2, 0) is 40.3 Å². The first kappa shape index (κ1) is 35.9. The molecule has 2 aromatic rings. The zero-order valence-corrected chi connectivity index (χ0v) is 28.2. The van der Waals surface area contributed by atoms with Crippen molar-refractivity contribution in [3.8, 4) is 5.75 Å². The number of amides is 2. The van der Waals surface area contributed by atoms with Gasteiger partial charge in [-0.25, -0.2) is 9.78 Å². The maximum atomic E-state index is 13.4. The van der Waals surface area contributed by atoms with E-state index < -0.39 is 63.3 Å². The number of nitrogens with one attached hydrogen (secondary N) is 2. The maximum absolute atomic E-state index is 13.4. The number of hydroxylamine groups is 2. The van der Waals surface area contributed by atoms with Crippen LogP contribution in [0.3, 0.4) is 0 Å². The van der Waals surface area contributed by atoms with Crippen molar-refractivity contribution in [3.63, 3.8) is 0 Å². The molecule has 19 nitrogen and oxygen atoms in total. The van der Waals surface area contributed by atoms with Crippen LogP contribution < -0.4 is 26.8 Å². The predicted octanol–water partition coefficient (Wildman–Crippen LogP) is -1.05. The molecule has 1 aromatic carbocycles.